The van der Waals surface area contributed by atoms with E-state index < -0.39 is 20.7 Å². The van der Waals surface area contributed by atoms with Crippen molar-refractivity contribution in [3.8, 4) is 0 Å². The van der Waals surface area contributed by atoms with E-state index in [1.807, 2.05) is 0 Å². The molecular formula is C21H21N5O5S. The lowest BCUT2D eigenvalue weighted by atomic mass is 10.1. The van der Waals surface area contributed by atoms with Crippen LogP contribution in [0.1, 0.15) is 53.0 Å². The van der Waals surface area contributed by atoms with E-state index >= 15 is 0 Å². The Morgan fingerprint density at radius 2 is 2.03 bits per heavy atom. The van der Waals surface area contributed by atoms with Gasteiger partial charge in [0.2, 0.25) is 0 Å². The molecule has 0 spiro atoms. The number of carbonyl (C=O) groups excluding carboxylic acids is 1. The molecule has 11 heteroatoms. The molecule has 0 unspecified atom stereocenters. The van der Waals surface area contributed by atoms with Gasteiger partial charge in [-0.3, -0.25) is 14.9 Å². The fourth-order valence-corrected chi connectivity index (χ4v) is 5.91. The predicted molar refractivity (Wildman–Crippen MR) is 118 cm³/mol. The summed E-state index contributed by atoms with van der Waals surface area (Å²) in [5.74, 6) is -0.0323. The van der Waals surface area contributed by atoms with Crippen LogP contribution >= 0.6 is 0 Å². The van der Waals surface area contributed by atoms with Crippen molar-refractivity contribution in [1.29, 1.82) is 0 Å². The highest BCUT2D eigenvalue weighted by molar-refractivity contribution is 7.91. The lowest BCUT2D eigenvalue weighted by molar-refractivity contribution is -0.384. The van der Waals surface area contributed by atoms with Gasteiger partial charge in [-0.15, -0.1) is 0 Å². The Bertz CT molecular complexity index is 1380. The first kappa shape index (κ1) is 20.6. The van der Waals surface area contributed by atoms with Gasteiger partial charge in [-0.05, 0) is 38.3 Å². The van der Waals surface area contributed by atoms with E-state index in [9.17, 15) is 23.3 Å². The second-order valence-corrected chi connectivity index (χ2v) is 10.6. The van der Waals surface area contributed by atoms with Crippen LogP contribution in [0.2, 0.25) is 0 Å². The van der Waals surface area contributed by atoms with Gasteiger partial charge in [-0.2, -0.15) is 5.10 Å². The summed E-state index contributed by atoms with van der Waals surface area (Å²) in [6, 6.07) is 7.20. The fraction of sp³-hybridized carbons (Fsp3) is 0.381. The second kappa shape index (κ2) is 7.37. The summed E-state index contributed by atoms with van der Waals surface area (Å²) >= 11 is 0. The number of sulfone groups is 1. The molecule has 1 saturated heterocycles. The molecule has 10 nitrogen and oxygen atoms in total. The average molecular weight is 455 g/mol. The summed E-state index contributed by atoms with van der Waals surface area (Å²) < 4.78 is 25.7. The second-order valence-electron chi connectivity index (χ2n) is 8.42. The van der Waals surface area contributed by atoms with Gasteiger partial charge in [-0.25, -0.2) is 18.1 Å². The number of amides is 1. The molecule has 5 rings (SSSR count). The summed E-state index contributed by atoms with van der Waals surface area (Å²) in [4.78, 5) is 28.6. The first-order valence-electron chi connectivity index (χ1n) is 10.4. The number of nitro groups is 1. The first-order chi connectivity index (χ1) is 15.2. The number of anilines is 1. The van der Waals surface area contributed by atoms with E-state index in [0.717, 1.165) is 18.5 Å². The third-order valence-electron chi connectivity index (χ3n) is 5.97. The SMILES string of the molecule is Cc1nn([C@H]2CCS(=O)(=O)C2)c2nc(C3CC3)cc(C(=O)Nc3cccc([N+](=O)[O-])c3)c12. The molecular weight excluding hydrogens is 434 g/mol. The highest BCUT2D eigenvalue weighted by atomic mass is 32.2. The number of aryl methyl sites for hydroxylation is 1. The Morgan fingerprint density at radius 1 is 1.25 bits per heavy atom. The number of aromatic nitrogens is 3. The quantitative estimate of drug-likeness (QED) is 0.461. The molecule has 1 atom stereocenters. The molecule has 1 aliphatic heterocycles. The van der Waals surface area contributed by atoms with Crippen LogP contribution in [-0.2, 0) is 9.84 Å². The van der Waals surface area contributed by atoms with Crippen LogP contribution in [0.15, 0.2) is 30.3 Å². The van der Waals surface area contributed by atoms with Crippen molar-refractivity contribution in [2.75, 3.05) is 16.8 Å². The maximum Gasteiger partial charge on any atom is 0.271 e. The first-order valence-corrected chi connectivity index (χ1v) is 12.2. The molecule has 3 heterocycles. The summed E-state index contributed by atoms with van der Waals surface area (Å²) in [6.45, 7) is 1.77. The summed E-state index contributed by atoms with van der Waals surface area (Å²) in [6.07, 6.45) is 2.42. The molecule has 1 saturated carbocycles. The number of rotatable bonds is 5. The Labute approximate surface area is 183 Å². The van der Waals surface area contributed by atoms with E-state index in [0.29, 0.717) is 34.4 Å². The molecule has 32 heavy (non-hydrogen) atoms. The number of hydrogen-bond donors (Lipinski definition) is 1. The van der Waals surface area contributed by atoms with E-state index in [-0.39, 0.29) is 29.2 Å². The average Bonchev–Trinajstić information content (AvgIpc) is 3.46. The molecule has 1 amide bonds. The number of nitro benzene ring substituents is 1. The number of nitrogens with one attached hydrogen (secondary N) is 1. The zero-order valence-corrected chi connectivity index (χ0v) is 18.1. The van der Waals surface area contributed by atoms with Crippen LogP contribution in [-0.4, -0.2) is 45.5 Å². The lowest BCUT2D eigenvalue weighted by Crippen LogP contribution is -2.15. The number of pyridine rings is 1. The highest BCUT2D eigenvalue weighted by Gasteiger charge is 2.34. The van der Waals surface area contributed by atoms with Crippen molar-refractivity contribution in [2.45, 2.75) is 38.1 Å². The van der Waals surface area contributed by atoms with Crippen LogP contribution in [0.25, 0.3) is 11.0 Å². The van der Waals surface area contributed by atoms with Crippen LogP contribution in [0.4, 0.5) is 11.4 Å². The maximum atomic E-state index is 13.2. The number of nitrogens with zero attached hydrogens (tertiary/aromatic N) is 4. The Kier molecular flexibility index (Phi) is 4.73. The number of non-ortho nitro benzene ring substituents is 1. The summed E-state index contributed by atoms with van der Waals surface area (Å²) in [5.41, 5.74) is 2.46. The van der Waals surface area contributed by atoms with Crippen LogP contribution in [0.3, 0.4) is 0 Å². The Balaban J connectivity index is 1.59. The Hall–Kier alpha value is -3.34. The van der Waals surface area contributed by atoms with Crippen molar-refractivity contribution < 1.29 is 18.1 Å². The van der Waals surface area contributed by atoms with E-state index in [4.69, 9.17) is 4.98 Å². The minimum Gasteiger partial charge on any atom is -0.322 e. The van der Waals surface area contributed by atoms with Gasteiger partial charge in [0.15, 0.2) is 15.5 Å². The van der Waals surface area contributed by atoms with Gasteiger partial charge in [-0.1, -0.05) is 6.07 Å². The largest absolute Gasteiger partial charge is 0.322 e. The Morgan fingerprint density at radius 3 is 2.69 bits per heavy atom. The number of fused-ring (bicyclic) bond motifs is 1. The third kappa shape index (κ3) is 3.72. The van der Waals surface area contributed by atoms with Gasteiger partial charge >= 0.3 is 0 Å². The van der Waals surface area contributed by atoms with Gasteiger partial charge < -0.3 is 5.32 Å². The number of carbonyl (C=O) groups is 1. The molecule has 166 valence electrons. The van der Waals surface area contributed by atoms with E-state index in [1.165, 1.54) is 18.2 Å². The zero-order valence-electron chi connectivity index (χ0n) is 17.3. The van der Waals surface area contributed by atoms with Crippen LogP contribution in [0, 0.1) is 17.0 Å². The lowest BCUT2D eigenvalue weighted by Gasteiger charge is -2.12. The summed E-state index contributed by atoms with van der Waals surface area (Å²) in [7, 11) is -3.12. The third-order valence-corrected chi connectivity index (χ3v) is 7.72. The van der Waals surface area contributed by atoms with Gasteiger partial charge in [0.1, 0.15) is 0 Å². The molecule has 2 aromatic heterocycles. The maximum absolute atomic E-state index is 13.2. The topological polar surface area (TPSA) is 137 Å². The summed E-state index contributed by atoms with van der Waals surface area (Å²) in [5, 5.41) is 18.9. The van der Waals surface area contributed by atoms with Crippen molar-refractivity contribution in [3.05, 3.63) is 57.4 Å². The normalized spacial score (nSPS) is 19.8. The van der Waals surface area contributed by atoms with Crippen LogP contribution < -0.4 is 5.32 Å². The van der Waals surface area contributed by atoms with Gasteiger partial charge in [0.05, 0.1) is 39.1 Å². The van der Waals surface area contributed by atoms with Crippen molar-refractivity contribution in [1.82, 2.24) is 14.8 Å². The van der Waals surface area contributed by atoms with Gasteiger partial charge in [0.25, 0.3) is 11.6 Å². The molecule has 3 aromatic rings. The predicted octanol–water partition coefficient (Wildman–Crippen LogP) is 3.14. The molecule has 0 radical (unpaired) electrons. The molecule has 1 N–H and O–H groups in total. The van der Waals surface area contributed by atoms with Crippen LogP contribution in [0.5, 0.6) is 0 Å². The van der Waals surface area contributed by atoms with Crippen molar-refractivity contribution in [2.24, 2.45) is 0 Å². The van der Waals surface area contributed by atoms with Crippen molar-refractivity contribution in [3.63, 3.8) is 0 Å². The standard InChI is InChI=1S/C21H21N5O5S/c1-12-19-17(21(27)22-14-3-2-4-15(9-14)26(28)29)10-18(13-5-6-13)23-20(19)25(24-12)16-7-8-32(30,31)11-16/h2-4,9-10,13,16H,5-8,11H2,1H3,(H,22,27)/t16-/m0/s1. The molecule has 1 aromatic carbocycles. The number of hydrogen-bond acceptors (Lipinski definition) is 7. The monoisotopic (exact) mass is 455 g/mol. The number of benzene rings is 1. The van der Waals surface area contributed by atoms with Crippen molar-refractivity contribution >= 4 is 38.2 Å². The molecule has 2 aliphatic rings. The highest BCUT2D eigenvalue weighted by Crippen LogP contribution is 2.41. The van der Waals surface area contributed by atoms with Gasteiger partial charge in [0, 0.05) is 29.4 Å². The van der Waals surface area contributed by atoms with E-state index in [2.05, 4.69) is 10.4 Å². The molecule has 2 fully saturated rings. The molecule has 1 aliphatic carbocycles. The fourth-order valence-electron chi connectivity index (χ4n) is 4.22. The zero-order chi connectivity index (χ0) is 22.6. The smallest absolute Gasteiger partial charge is 0.271 e. The minimum absolute atomic E-state index is 0.00771. The van der Waals surface area contributed by atoms with E-state index in [1.54, 1.807) is 23.7 Å². The molecule has 0 bridgehead atoms. The minimum atomic E-state index is -3.12.